The van der Waals surface area contributed by atoms with E-state index < -0.39 is 6.43 Å². The van der Waals surface area contributed by atoms with E-state index in [1.807, 2.05) is 19.1 Å². The first-order valence-electron chi connectivity index (χ1n) is 10.7. The summed E-state index contributed by atoms with van der Waals surface area (Å²) in [7, 11) is 0. The Morgan fingerprint density at radius 1 is 1.25 bits per heavy atom. The second-order valence-corrected chi connectivity index (χ2v) is 8.46. The molecule has 2 aliphatic heterocycles. The van der Waals surface area contributed by atoms with Crippen LogP contribution in [0, 0.1) is 12.8 Å². The molecule has 4 nitrogen and oxygen atoms in total. The molecule has 32 heavy (non-hydrogen) atoms. The summed E-state index contributed by atoms with van der Waals surface area (Å²) in [4.78, 5) is 2.14. The topological polar surface area (TPSA) is 29.4 Å². The number of halogens is 4. The third-order valence-electron chi connectivity index (χ3n) is 5.37. The number of aromatic nitrogens is 1. The second kappa shape index (κ2) is 12.9. The van der Waals surface area contributed by atoms with Crippen LogP contribution in [0.15, 0.2) is 34.7 Å². The third kappa shape index (κ3) is 6.53. The van der Waals surface area contributed by atoms with Gasteiger partial charge in [0, 0.05) is 66.7 Å². The van der Waals surface area contributed by atoms with Gasteiger partial charge in [-0.15, -0.1) is 12.8 Å². The molecule has 1 aromatic heterocycles. The fourth-order valence-corrected chi connectivity index (χ4v) is 4.19. The highest BCUT2D eigenvalue weighted by Crippen LogP contribution is 2.40. The Labute approximate surface area is 196 Å². The van der Waals surface area contributed by atoms with Gasteiger partial charge in [-0.3, -0.25) is 0 Å². The largest absolute Gasteiger partial charge is 0.381 e. The molecule has 0 bridgehead atoms. The predicted molar refractivity (Wildman–Crippen MR) is 129 cm³/mol. The molecule has 0 amide bonds. The molecule has 0 radical (unpaired) electrons. The highest BCUT2D eigenvalue weighted by Gasteiger charge is 2.25. The number of ether oxygens (including phenoxy) is 1. The summed E-state index contributed by atoms with van der Waals surface area (Å²) in [6, 6.07) is 3.44. The molecule has 8 heteroatoms. The van der Waals surface area contributed by atoms with E-state index >= 15 is 0 Å². The molecule has 1 atom stereocenters. The number of nitrogens with zero attached hydrogens (tertiary/aromatic N) is 2. The highest BCUT2D eigenvalue weighted by molar-refractivity contribution is 9.10. The van der Waals surface area contributed by atoms with Gasteiger partial charge in [0.15, 0.2) is 0 Å². The summed E-state index contributed by atoms with van der Waals surface area (Å²) in [5.41, 5.74) is 1.51. The zero-order valence-corrected chi connectivity index (χ0v) is 20.2. The van der Waals surface area contributed by atoms with Crippen molar-refractivity contribution in [3.05, 3.63) is 40.3 Å². The number of hydrogen-bond acceptors (Lipinski definition) is 3. The standard InChI is InChI=1S/C19H23BrF3N3.C3H6O.C2H2/c1-3-14(8-12(2)21)26-11-15(19(22)23)18-16(9-13(20)10-17(18)26)25-6-4-24-5-7-25;1-2-4-3-1;1-2/h8-11,14,19,24H,3-7H2,1-2H3;1-3H2;1-2H/b12-8+;;. The van der Waals surface area contributed by atoms with Crippen LogP contribution in [0.3, 0.4) is 0 Å². The second-order valence-electron chi connectivity index (χ2n) is 7.54. The maximum absolute atomic E-state index is 13.8. The van der Waals surface area contributed by atoms with Crippen molar-refractivity contribution in [3.63, 3.8) is 0 Å². The van der Waals surface area contributed by atoms with Crippen molar-refractivity contribution < 1.29 is 17.9 Å². The van der Waals surface area contributed by atoms with Gasteiger partial charge in [0.1, 0.15) is 0 Å². The predicted octanol–water partition coefficient (Wildman–Crippen LogP) is 6.23. The number of benzene rings is 1. The van der Waals surface area contributed by atoms with Gasteiger partial charge in [0.2, 0.25) is 0 Å². The minimum atomic E-state index is -2.59. The molecular weight excluding hydrogens is 483 g/mol. The van der Waals surface area contributed by atoms with Crippen molar-refractivity contribution in [2.45, 2.75) is 39.2 Å². The van der Waals surface area contributed by atoms with Gasteiger partial charge < -0.3 is 19.5 Å². The quantitative estimate of drug-likeness (QED) is 0.480. The number of alkyl halides is 2. The van der Waals surface area contributed by atoms with E-state index in [0.29, 0.717) is 17.3 Å². The van der Waals surface area contributed by atoms with E-state index in [-0.39, 0.29) is 17.4 Å². The van der Waals surface area contributed by atoms with Gasteiger partial charge >= 0.3 is 0 Å². The monoisotopic (exact) mass is 513 g/mol. The van der Waals surface area contributed by atoms with Crippen molar-refractivity contribution in [3.8, 4) is 12.8 Å². The molecule has 3 heterocycles. The molecule has 1 unspecified atom stereocenters. The van der Waals surface area contributed by atoms with Crippen LogP contribution in [-0.2, 0) is 4.74 Å². The summed E-state index contributed by atoms with van der Waals surface area (Å²) in [5.74, 6) is -0.311. The van der Waals surface area contributed by atoms with Crippen LogP contribution in [0.5, 0.6) is 0 Å². The number of nitrogens with one attached hydrogen (secondary N) is 1. The van der Waals surface area contributed by atoms with Gasteiger partial charge in [-0.2, -0.15) is 0 Å². The first-order chi connectivity index (χ1) is 15.4. The van der Waals surface area contributed by atoms with Gasteiger partial charge in [0.05, 0.1) is 17.4 Å². The summed E-state index contributed by atoms with van der Waals surface area (Å²) >= 11 is 3.52. The number of piperazine rings is 1. The number of anilines is 1. The van der Waals surface area contributed by atoms with E-state index in [2.05, 4.69) is 39.0 Å². The first kappa shape index (κ1) is 26.3. The van der Waals surface area contributed by atoms with E-state index in [0.717, 1.165) is 49.6 Å². The maximum Gasteiger partial charge on any atom is 0.265 e. The molecule has 0 spiro atoms. The van der Waals surface area contributed by atoms with Crippen molar-refractivity contribution in [2.75, 3.05) is 44.3 Å². The minimum Gasteiger partial charge on any atom is -0.381 e. The minimum absolute atomic E-state index is 0.00407. The number of terminal acetylenes is 1. The van der Waals surface area contributed by atoms with E-state index in [4.69, 9.17) is 4.74 Å². The summed E-state index contributed by atoms with van der Waals surface area (Å²) < 4.78 is 48.5. The Kier molecular flexibility index (Phi) is 10.6. The van der Waals surface area contributed by atoms with Crippen LogP contribution in [-0.4, -0.2) is 44.0 Å². The van der Waals surface area contributed by atoms with Crippen LogP contribution < -0.4 is 10.2 Å². The van der Waals surface area contributed by atoms with E-state index in [9.17, 15) is 13.2 Å². The Bertz CT molecular complexity index is 908. The molecule has 1 aromatic carbocycles. The molecule has 1 N–H and O–H groups in total. The van der Waals surface area contributed by atoms with Crippen molar-refractivity contribution in [1.82, 2.24) is 9.88 Å². The maximum atomic E-state index is 13.8. The van der Waals surface area contributed by atoms with E-state index in [1.165, 1.54) is 25.6 Å². The summed E-state index contributed by atoms with van der Waals surface area (Å²) in [6.45, 7) is 8.47. The molecule has 0 saturated carbocycles. The summed E-state index contributed by atoms with van der Waals surface area (Å²) in [5, 5.41) is 3.85. The van der Waals surface area contributed by atoms with Gasteiger partial charge in [0.25, 0.3) is 6.43 Å². The SMILES string of the molecule is C#C.C1COC1.CCC(/C=C(\C)F)n1cc(C(F)F)c2c(N3CCNCC3)cc(Br)cc21. The molecule has 0 aliphatic carbocycles. The lowest BCUT2D eigenvalue weighted by atomic mass is 10.1. The molecular formula is C24H31BrF3N3O. The van der Waals surface area contributed by atoms with Gasteiger partial charge in [-0.1, -0.05) is 22.9 Å². The first-order valence-corrected chi connectivity index (χ1v) is 11.5. The Morgan fingerprint density at radius 3 is 2.31 bits per heavy atom. The normalized spacial score (nSPS) is 17.2. The van der Waals surface area contributed by atoms with Gasteiger partial charge in [-0.25, -0.2) is 13.2 Å². The number of fused-ring (bicyclic) bond motifs is 1. The van der Waals surface area contributed by atoms with Crippen molar-refractivity contribution >= 4 is 32.5 Å². The Balaban J connectivity index is 0.000000533. The van der Waals surface area contributed by atoms with Crippen LogP contribution in [0.1, 0.15) is 44.7 Å². The highest BCUT2D eigenvalue weighted by atomic mass is 79.9. The smallest absolute Gasteiger partial charge is 0.265 e. The van der Waals surface area contributed by atoms with Crippen LogP contribution in [0.2, 0.25) is 0 Å². The number of hydrogen-bond donors (Lipinski definition) is 1. The zero-order valence-electron chi connectivity index (χ0n) is 18.6. The molecule has 2 fully saturated rings. The molecule has 4 rings (SSSR count). The fourth-order valence-electron chi connectivity index (χ4n) is 3.76. The molecule has 176 valence electrons. The number of rotatable bonds is 5. The average Bonchev–Trinajstić information content (AvgIpc) is 3.11. The lowest BCUT2D eigenvalue weighted by molar-refractivity contribution is 0.0367. The fraction of sp³-hybridized carbons (Fsp3) is 0.500. The zero-order chi connectivity index (χ0) is 23.7. The molecule has 2 aromatic rings. The molecule has 2 aliphatic rings. The lowest BCUT2D eigenvalue weighted by Gasteiger charge is -2.30. The molecule has 2 saturated heterocycles. The number of allylic oxidation sites excluding steroid dienone is 2. The van der Waals surface area contributed by atoms with E-state index in [1.54, 1.807) is 4.57 Å². The average molecular weight is 514 g/mol. The third-order valence-corrected chi connectivity index (χ3v) is 5.83. The van der Waals surface area contributed by atoms with Crippen LogP contribution in [0.25, 0.3) is 10.9 Å². The van der Waals surface area contributed by atoms with Gasteiger partial charge in [-0.05, 0) is 38.0 Å². The van der Waals surface area contributed by atoms with Crippen LogP contribution >= 0.6 is 15.9 Å². The van der Waals surface area contributed by atoms with Crippen LogP contribution in [0.4, 0.5) is 18.9 Å². The van der Waals surface area contributed by atoms with Crippen molar-refractivity contribution in [2.24, 2.45) is 0 Å². The Hall–Kier alpha value is -1.95. The Morgan fingerprint density at radius 2 is 1.84 bits per heavy atom. The summed E-state index contributed by atoms with van der Waals surface area (Å²) in [6.07, 6.45) is 10.3. The van der Waals surface area contributed by atoms with Crippen molar-refractivity contribution in [1.29, 1.82) is 0 Å². The lowest BCUT2D eigenvalue weighted by Crippen LogP contribution is -2.43.